The molecule has 7 heteroatoms. The molecule has 2 amide bonds. The highest BCUT2D eigenvalue weighted by Crippen LogP contribution is 2.38. The quantitative estimate of drug-likeness (QED) is 0.623. The summed E-state index contributed by atoms with van der Waals surface area (Å²) in [5, 5.41) is 6.67. The SMILES string of the molecule is COc1ccc(C=NNC(=O)Nc2ccccc2C)c(OC)c1OC. The van der Waals surface area contributed by atoms with Crippen LogP contribution in [0.25, 0.3) is 0 Å². The van der Waals surface area contributed by atoms with Crippen molar-refractivity contribution >= 4 is 17.9 Å². The van der Waals surface area contributed by atoms with Crippen LogP contribution in [0.2, 0.25) is 0 Å². The number of hydrazone groups is 1. The summed E-state index contributed by atoms with van der Waals surface area (Å²) < 4.78 is 15.9. The predicted molar refractivity (Wildman–Crippen MR) is 97.0 cm³/mol. The summed E-state index contributed by atoms with van der Waals surface area (Å²) in [5.41, 5.74) is 4.73. The monoisotopic (exact) mass is 343 g/mol. The van der Waals surface area contributed by atoms with Crippen molar-refractivity contribution in [2.24, 2.45) is 5.10 Å². The normalized spacial score (nSPS) is 10.4. The molecule has 0 saturated heterocycles. The third-order valence-electron chi connectivity index (χ3n) is 3.50. The number of rotatable bonds is 6. The molecule has 0 saturated carbocycles. The van der Waals surface area contributed by atoms with Crippen molar-refractivity contribution in [3.63, 3.8) is 0 Å². The first-order chi connectivity index (χ1) is 12.1. The molecule has 2 rings (SSSR count). The average Bonchev–Trinajstić information content (AvgIpc) is 2.62. The van der Waals surface area contributed by atoms with E-state index in [2.05, 4.69) is 15.8 Å². The van der Waals surface area contributed by atoms with E-state index in [1.807, 2.05) is 31.2 Å². The van der Waals surface area contributed by atoms with Crippen molar-refractivity contribution in [1.29, 1.82) is 0 Å². The van der Waals surface area contributed by atoms with E-state index >= 15 is 0 Å². The molecule has 132 valence electrons. The van der Waals surface area contributed by atoms with Gasteiger partial charge in [-0.3, -0.25) is 0 Å². The third-order valence-corrected chi connectivity index (χ3v) is 3.50. The molecule has 0 heterocycles. The van der Waals surface area contributed by atoms with E-state index in [-0.39, 0.29) is 0 Å². The number of carbonyl (C=O) groups is 1. The van der Waals surface area contributed by atoms with Gasteiger partial charge in [-0.1, -0.05) is 18.2 Å². The zero-order valence-electron chi connectivity index (χ0n) is 14.6. The maximum Gasteiger partial charge on any atom is 0.339 e. The lowest BCUT2D eigenvalue weighted by Gasteiger charge is -2.13. The molecule has 0 aliphatic rings. The van der Waals surface area contributed by atoms with Crippen LogP contribution in [0.3, 0.4) is 0 Å². The molecule has 25 heavy (non-hydrogen) atoms. The first-order valence-electron chi connectivity index (χ1n) is 7.55. The van der Waals surface area contributed by atoms with Gasteiger partial charge in [0.2, 0.25) is 5.75 Å². The highest BCUT2D eigenvalue weighted by molar-refractivity contribution is 5.92. The molecule has 0 aliphatic carbocycles. The van der Waals surface area contributed by atoms with Crippen LogP contribution in [0.4, 0.5) is 10.5 Å². The van der Waals surface area contributed by atoms with E-state index in [4.69, 9.17) is 14.2 Å². The van der Waals surface area contributed by atoms with Crippen LogP contribution < -0.4 is 25.0 Å². The van der Waals surface area contributed by atoms with Gasteiger partial charge in [0.25, 0.3) is 0 Å². The van der Waals surface area contributed by atoms with E-state index in [0.29, 0.717) is 22.8 Å². The minimum Gasteiger partial charge on any atom is -0.493 e. The molecule has 0 aromatic heterocycles. The number of para-hydroxylation sites is 1. The first kappa shape index (κ1) is 18.1. The van der Waals surface area contributed by atoms with Crippen LogP contribution >= 0.6 is 0 Å². The number of aryl methyl sites for hydroxylation is 1. The minimum absolute atomic E-state index is 0.440. The zero-order valence-corrected chi connectivity index (χ0v) is 14.6. The molecule has 0 spiro atoms. The number of nitrogens with one attached hydrogen (secondary N) is 2. The van der Waals surface area contributed by atoms with Gasteiger partial charge >= 0.3 is 6.03 Å². The molecule has 0 aliphatic heterocycles. The summed E-state index contributed by atoms with van der Waals surface area (Å²) in [4.78, 5) is 11.9. The Balaban J connectivity index is 2.09. The number of benzene rings is 2. The van der Waals surface area contributed by atoms with Gasteiger partial charge in [-0.05, 0) is 30.7 Å². The first-order valence-corrected chi connectivity index (χ1v) is 7.55. The van der Waals surface area contributed by atoms with Crippen molar-refractivity contribution in [2.75, 3.05) is 26.6 Å². The molecular weight excluding hydrogens is 322 g/mol. The summed E-state index contributed by atoms with van der Waals surface area (Å²) in [7, 11) is 4.59. The molecule has 0 fully saturated rings. The number of hydrogen-bond acceptors (Lipinski definition) is 5. The number of anilines is 1. The Hall–Kier alpha value is -3.22. The van der Waals surface area contributed by atoms with Crippen LogP contribution in [0.1, 0.15) is 11.1 Å². The van der Waals surface area contributed by atoms with Crippen molar-refractivity contribution in [1.82, 2.24) is 5.43 Å². The number of methoxy groups -OCH3 is 3. The van der Waals surface area contributed by atoms with Gasteiger partial charge in [-0.25, -0.2) is 10.2 Å². The summed E-state index contributed by atoms with van der Waals surface area (Å²) in [5.74, 6) is 1.46. The minimum atomic E-state index is -0.440. The third kappa shape index (κ3) is 4.41. The lowest BCUT2D eigenvalue weighted by atomic mass is 10.2. The van der Waals surface area contributed by atoms with Gasteiger partial charge in [-0.15, -0.1) is 0 Å². The standard InChI is InChI=1S/C18H21N3O4/c1-12-7-5-6-8-14(12)20-18(22)21-19-11-13-9-10-15(23-2)17(25-4)16(13)24-3/h5-11H,1-4H3,(H2,20,21,22). The van der Waals surface area contributed by atoms with E-state index in [1.54, 1.807) is 19.2 Å². The van der Waals surface area contributed by atoms with E-state index in [1.165, 1.54) is 20.4 Å². The van der Waals surface area contributed by atoms with Crippen molar-refractivity contribution in [3.8, 4) is 17.2 Å². The Bertz CT molecular complexity index is 775. The fourth-order valence-electron chi connectivity index (χ4n) is 2.25. The summed E-state index contributed by atoms with van der Waals surface area (Å²) in [6.45, 7) is 1.91. The van der Waals surface area contributed by atoms with Crippen LogP contribution in [0.15, 0.2) is 41.5 Å². The molecule has 2 aromatic rings. The average molecular weight is 343 g/mol. The number of urea groups is 1. The Morgan fingerprint density at radius 2 is 1.72 bits per heavy atom. The molecule has 2 aromatic carbocycles. The summed E-state index contributed by atoms with van der Waals surface area (Å²) in [6, 6.07) is 10.5. The summed E-state index contributed by atoms with van der Waals surface area (Å²) in [6.07, 6.45) is 1.47. The predicted octanol–water partition coefficient (Wildman–Crippen LogP) is 3.18. The van der Waals surface area contributed by atoms with Crippen LogP contribution in [-0.4, -0.2) is 33.6 Å². The van der Waals surface area contributed by atoms with E-state index < -0.39 is 6.03 Å². The van der Waals surface area contributed by atoms with Gasteiger partial charge in [0.1, 0.15) is 0 Å². The van der Waals surface area contributed by atoms with Gasteiger partial charge in [0.15, 0.2) is 11.5 Å². The lowest BCUT2D eigenvalue weighted by molar-refractivity contribution is 0.252. The van der Waals surface area contributed by atoms with Gasteiger partial charge in [0.05, 0.1) is 27.5 Å². The highest BCUT2D eigenvalue weighted by Gasteiger charge is 2.14. The maximum absolute atomic E-state index is 11.9. The molecule has 0 atom stereocenters. The number of hydrogen-bond donors (Lipinski definition) is 2. The number of amides is 2. The second kappa shape index (κ2) is 8.58. The molecule has 7 nitrogen and oxygen atoms in total. The smallest absolute Gasteiger partial charge is 0.339 e. The molecule has 0 bridgehead atoms. The van der Waals surface area contributed by atoms with Crippen molar-refractivity contribution < 1.29 is 19.0 Å². The molecule has 0 unspecified atom stereocenters. The Morgan fingerprint density at radius 3 is 2.36 bits per heavy atom. The number of carbonyl (C=O) groups excluding carboxylic acids is 1. The zero-order chi connectivity index (χ0) is 18.2. The molecule has 2 N–H and O–H groups in total. The fraction of sp³-hybridized carbons (Fsp3) is 0.222. The topological polar surface area (TPSA) is 81.2 Å². The number of ether oxygens (including phenoxy) is 3. The van der Waals surface area contributed by atoms with Crippen LogP contribution in [-0.2, 0) is 0 Å². The highest BCUT2D eigenvalue weighted by atomic mass is 16.5. The van der Waals surface area contributed by atoms with Gasteiger partial charge in [-0.2, -0.15) is 5.10 Å². The van der Waals surface area contributed by atoms with Crippen LogP contribution in [0, 0.1) is 6.92 Å². The fourth-order valence-corrected chi connectivity index (χ4v) is 2.25. The second-order valence-corrected chi connectivity index (χ2v) is 5.06. The molecule has 0 radical (unpaired) electrons. The van der Waals surface area contributed by atoms with E-state index in [0.717, 1.165) is 11.3 Å². The van der Waals surface area contributed by atoms with Crippen molar-refractivity contribution in [3.05, 3.63) is 47.5 Å². The Morgan fingerprint density at radius 1 is 1.00 bits per heavy atom. The van der Waals surface area contributed by atoms with Crippen LogP contribution in [0.5, 0.6) is 17.2 Å². The Labute approximate surface area is 146 Å². The largest absolute Gasteiger partial charge is 0.493 e. The van der Waals surface area contributed by atoms with Gasteiger partial charge < -0.3 is 19.5 Å². The van der Waals surface area contributed by atoms with Crippen molar-refractivity contribution in [2.45, 2.75) is 6.92 Å². The number of nitrogens with zero attached hydrogens (tertiary/aromatic N) is 1. The maximum atomic E-state index is 11.9. The second-order valence-electron chi connectivity index (χ2n) is 5.06. The lowest BCUT2D eigenvalue weighted by Crippen LogP contribution is -2.24. The van der Waals surface area contributed by atoms with E-state index in [9.17, 15) is 4.79 Å². The summed E-state index contributed by atoms with van der Waals surface area (Å²) >= 11 is 0. The van der Waals surface area contributed by atoms with Gasteiger partial charge in [0, 0.05) is 11.3 Å². The molecular formula is C18H21N3O4. The Kier molecular flexibility index (Phi) is 6.22.